The van der Waals surface area contributed by atoms with Gasteiger partial charge in [0.25, 0.3) is 5.91 Å². The predicted octanol–water partition coefficient (Wildman–Crippen LogP) is 5.06. The summed E-state index contributed by atoms with van der Waals surface area (Å²) in [5, 5.41) is 6.34. The number of hydrogen-bond acceptors (Lipinski definition) is 4. The minimum absolute atomic E-state index is 0.0667. The van der Waals surface area contributed by atoms with Crippen molar-refractivity contribution in [3.8, 4) is 0 Å². The second-order valence-corrected chi connectivity index (χ2v) is 9.93. The molecular formula is C24H29ClIN5O2. The number of guanidine groups is 1. The van der Waals surface area contributed by atoms with E-state index in [1.54, 1.807) is 17.0 Å². The molecule has 0 aliphatic carbocycles. The first-order valence-corrected chi connectivity index (χ1v) is 12.7. The van der Waals surface area contributed by atoms with E-state index in [9.17, 15) is 9.59 Å². The van der Waals surface area contributed by atoms with E-state index < -0.39 is 5.54 Å². The average molecular weight is 582 g/mol. The van der Waals surface area contributed by atoms with Crippen LogP contribution in [0.4, 0.5) is 10.5 Å². The van der Waals surface area contributed by atoms with Crippen LogP contribution >= 0.6 is 34.2 Å². The number of carbonyl (C=O) groups excluding carboxylic acids is 2. The van der Waals surface area contributed by atoms with E-state index >= 15 is 0 Å². The third-order valence-electron chi connectivity index (χ3n) is 5.47. The van der Waals surface area contributed by atoms with E-state index in [0.717, 1.165) is 16.7 Å². The van der Waals surface area contributed by atoms with Gasteiger partial charge in [0.05, 0.1) is 6.54 Å². The van der Waals surface area contributed by atoms with Gasteiger partial charge in [0.15, 0.2) is 5.96 Å². The smallest absolute Gasteiger partial charge is 0.319 e. The number of alkyl halides is 1. The van der Waals surface area contributed by atoms with E-state index in [4.69, 9.17) is 17.3 Å². The first-order valence-electron chi connectivity index (χ1n) is 10.8. The number of nitrogens with zero attached hydrogens (tertiary/aromatic N) is 2. The largest absolute Gasteiger partial charge is 0.369 e. The van der Waals surface area contributed by atoms with Gasteiger partial charge in [0.2, 0.25) is 0 Å². The van der Waals surface area contributed by atoms with Crippen molar-refractivity contribution in [2.45, 2.75) is 50.2 Å². The van der Waals surface area contributed by atoms with Crippen molar-refractivity contribution in [2.24, 2.45) is 16.6 Å². The molecule has 2 aromatic rings. The molecule has 4 N–H and O–H groups in total. The van der Waals surface area contributed by atoms with Gasteiger partial charge >= 0.3 is 6.03 Å². The fraction of sp³-hybridized carbons (Fsp3) is 0.375. The van der Waals surface area contributed by atoms with E-state index in [-0.39, 0.29) is 17.9 Å². The summed E-state index contributed by atoms with van der Waals surface area (Å²) in [4.78, 5) is 31.2. The van der Waals surface area contributed by atoms with Crippen molar-refractivity contribution in [2.75, 3.05) is 5.32 Å². The maximum Gasteiger partial charge on any atom is 0.319 e. The van der Waals surface area contributed by atoms with Crippen LogP contribution in [-0.2, 0) is 22.3 Å². The van der Waals surface area contributed by atoms with Gasteiger partial charge in [-0.15, -0.1) is 0 Å². The highest BCUT2D eigenvalue weighted by atomic mass is 127. The standard InChI is InChI=1S/C24H29ClIN5O2/c1-15(2)11-24(3)21(32)31(22(27)30-24)14-17-9-7-16(8-10-17)13-28-23(33)29-20-6-4-5-19(25)18(20)12-26/h4-10,15H,11-14H2,1-3H3,(H2,27,30)(H2,28,29,33). The van der Waals surface area contributed by atoms with Crippen LogP contribution in [0, 0.1) is 5.92 Å². The number of carbonyl (C=O) groups is 2. The second kappa shape index (κ2) is 10.7. The maximum atomic E-state index is 12.9. The zero-order valence-electron chi connectivity index (χ0n) is 19.0. The minimum atomic E-state index is -0.796. The number of anilines is 1. The zero-order valence-corrected chi connectivity index (χ0v) is 21.9. The fourth-order valence-electron chi connectivity index (χ4n) is 3.94. The molecule has 1 heterocycles. The Morgan fingerprint density at radius 1 is 1.21 bits per heavy atom. The predicted molar refractivity (Wildman–Crippen MR) is 142 cm³/mol. The number of urea groups is 1. The summed E-state index contributed by atoms with van der Waals surface area (Å²) in [7, 11) is 0. The van der Waals surface area contributed by atoms with Crippen molar-refractivity contribution in [3.63, 3.8) is 0 Å². The van der Waals surface area contributed by atoms with Crippen LogP contribution in [0.2, 0.25) is 5.02 Å². The van der Waals surface area contributed by atoms with Crippen molar-refractivity contribution < 1.29 is 9.59 Å². The topological polar surface area (TPSA) is 99.8 Å². The number of nitrogens with two attached hydrogens (primary N) is 1. The molecule has 0 radical (unpaired) electrons. The van der Waals surface area contributed by atoms with E-state index in [2.05, 4.69) is 52.1 Å². The van der Waals surface area contributed by atoms with Crippen molar-refractivity contribution in [1.82, 2.24) is 10.2 Å². The number of amides is 3. The normalized spacial score (nSPS) is 17.9. The van der Waals surface area contributed by atoms with E-state index in [1.807, 2.05) is 37.3 Å². The monoisotopic (exact) mass is 581 g/mol. The molecule has 1 aliphatic rings. The summed E-state index contributed by atoms with van der Waals surface area (Å²) >= 11 is 8.42. The molecule has 3 rings (SSSR count). The Hall–Kier alpha value is -2.33. The summed E-state index contributed by atoms with van der Waals surface area (Å²) in [6.07, 6.45) is 0.657. The Labute approximate surface area is 213 Å². The number of aliphatic imine (C=N–C) groups is 1. The summed E-state index contributed by atoms with van der Waals surface area (Å²) in [6, 6.07) is 12.8. The molecule has 1 aliphatic heterocycles. The summed E-state index contributed by atoms with van der Waals surface area (Å²) in [5.41, 5.74) is 8.74. The van der Waals surface area contributed by atoms with Crippen LogP contribution in [0.15, 0.2) is 47.5 Å². The van der Waals surface area contributed by atoms with Crippen LogP contribution in [0.5, 0.6) is 0 Å². The molecule has 0 saturated carbocycles. The van der Waals surface area contributed by atoms with Gasteiger partial charge in [-0.3, -0.25) is 9.69 Å². The molecular weight excluding hydrogens is 553 g/mol. The zero-order chi connectivity index (χ0) is 24.2. The molecule has 0 saturated heterocycles. The van der Waals surface area contributed by atoms with Crippen molar-refractivity contribution in [3.05, 3.63) is 64.2 Å². The first kappa shape index (κ1) is 25.3. The van der Waals surface area contributed by atoms with Crippen molar-refractivity contribution in [1.29, 1.82) is 0 Å². The maximum absolute atomic E-state index is 12.9. The minimum Gasteiger partial charge on any atom is -0.369 e. The molecule has 7 nitrogen and oxygen atoms in total. The molecule has 0 bridgehead atoms. The number of rotatable bonds is 8. The number of hydrogen-bond donors (Lipinski definition) is 3. The molecule has 3 amide bonds. The molecule has 9 heteroatoms. The fourth-order valence-corrected chi connectivity index (χ4v) is 5.23. The summed E-state index contributed by atoms with van der Waals surface area (Å²) in [5.74, 6) is 0.534. The molecule has 1 atom stereocenters. The van der Waals surface area contributed by atoms with Gasteiger partial charge in [-0.1, -0.05) is 78.4 Å². The first-order chi connectivity index (χ1) is 15.6. The summed E-state index contributed by atoms with van der Waals surface area (Å²) in [6.45, 7) is 6.71. The van der Waals surface area contributed by atoms with Gasteiger partial charge in [-0.05, 0) is 42.5 Å². The lowest BCUT2D eigenvalue weighted by molar-refractivity contribution is -0.131. The lowest BCUT2D eigenvalue weighted by Gasteiger charge is -2.23. The summed E-state index contributed by atoms with van der Waals surface area (Å²) < 4.78 is 0.694. The number of nitrogens with one attached hydrogen (secondary N) is 2. The van der Waals surface area contributed by atoms with Gasteiger partial charge in [0, 0.05) is 27.2 Å². The Bertz CT molecular complexity index is 1060. The second-order valence-electron chi connectivity index (χ2n) is 8.76. The highest BCUT2D eigenvalue weighted by Crippen LogP contribution is 2.29. The average Bonchev–Trinajstić information content (AvgIpc) is 2.95. The van der Waals surface area contributed by atoms with Crippen molar-refractivity contribution >= 4 is 57.8 Å². The Kier molecular flexibility index (Phi) is 8.23. The molecule has 2 aromatic carbocycles. The van der Waals surface area contributed by atoms with E-state index in [0.29, 0.717) is 40.6 Å². The molecule has 0 spiro atoms. The third kappa shape index (κ3) is 6.17. The molecule has 33 heavy (non-hydrogen) atoms. The number of benzene rings is 2. The highest BCUT2D eigenvalue weighted by Gasteiger charge is 2.43. The van der Waals surface area contributed by atoms with Crippen LogP contribution in [-0.4, -0.2) is 28.3 Å². The van der Waals surface area contributed by atoms with Gasteiger partial charge in [-0.25, -0.2) is 9.79 Å². The Morgan fingerprint density at radius 2 is 1.88 bits per heavy atom. The van der Waals surface area contributed by atoms with Gasteiger partial charge in [0.1, 0.15) is 5.54 Å². The molecule has 0 aromatic heterocycles. The van der Waals surface area contributed by atoms with Crippen LogP contribution in [0.25, 0.3) is 0 Å². The Morgan fingerprint density at radius 3 is 2.52 bits per heavy atom. The number of halogens is 2. The molecule has 176 valence electrons. The SMILES string of the molecule is CC(C)CC1(C)N=C(N)N(Cc2ccc(CNC(=O)Nc3cccc(Cl)c3CI)cc2)C1=O. The van der Waals surface area contributed by atoms with Crippen LogP contribution < -0.4 is 16.4 Å². The lowest BCUT2D eigenvalue weighted by atomic mass is 9.91. The third-order valence-corrected chi connectivity index (χ3v) is 6.58. The van der Waals surface area contributed by atoms with Gasteiger partial charge in [-0.2, -0.15) is 0 Å². The van der Waals surface area contributed by atoms with E-state index in [1.165, 1.54) is 0 Å². The molecule has 1 unspecified atom stereocenters. The molecule has 0 fully saturated rings. The van der Waals surface area contributed by atoms with Gasteiger partial charge < -0.3 is 16.4 Å². The highest BCUT2D eigenvalue weighted by molar-refractivity contribution is 14.1. The Balaban J connectivity index is 1.56. The van der Waals surface area contributed by atoms with Crippen LogP contribution in [0.1, 0.15) is 43.9 Å². The quantitative estimate of drug-likeness (QED) is 0.300. The lowest BCUT2D eigenvalue weighted by Crippen LogP contribution is -2.43. The van der Waals surface area contributed by atoms with Crippen LogP contribution in [0.3, 0.4) is 0 Å².